The first-order valence-corrected chi connectivity index (χ1v) is 8.28. The van der Waals surface area contributed by atoms with Crippen LogP contribution >= 0.6 is 0 Å². The number of amides is 1. The molecule has 0 radical (unpaired) electrons. The molecule has 0 spiro atoms. The number of ether oxygens (including phenoxy) is 1. The number of anilines is 3. The van der Waals surface area contributed by atoms with E-state index in [0.717, 1.165) is 5.69 Å². The molecule has 3 aromatic heterocycles. The van der Waals surface area contributed by atoms with Crippen LogP contribution in [0.15, 0.2) is 49.1 Å². The van der Waals surface area contributed by atoms with Crippen LogP contribution in [0.1, 0.15) is 16.2 Å². The first kappa shape index (κ1) is 20.0. The van der Waals surface area contributed by atoms with E-state index >= 15 is 0 Å². The summed E-state index contributed by atoms with van der Waals surface area (Å²) in [5.41, 5.74) is 1.44. The molecule has 0 aliphatic heterocycles. The zero-order valence-corrected chi connectivity index (χ0v) is 15.1. The highest BCUT2D eigenvalue weighted by atomic mass is 19.4. The van der Waals surface area contributed by atoms with Crippen molar-refractivity contribution >= 4 is 23.2 Å². The molecule has 0 unspecified atom stereocenters. The fraction of sp³-hybridized carbons (Fsp3) is 0.167. The van der Waals surface area contributed by atoms with E-state index < -0.39 is 18.7 Å². The lowest BCUT2D eigenvalue weighted by atomic mass is 10.3. The predicted molar refractivity (Wildman–Crippen MR) is 98.0 cm³/mol. The summed E-state index contributed by atoms with van der Waals surface area (Å²) in [5.74, 6) is -0.672. The van der Waals surface area contributed by atoms with Gasteiger partial charge in [-0.2, -0.15) is 13.2 Å². The largest absolute Gasteiger partial charge is 0.482 e. The molecule has 8 nitrogen and oxygen atoms in total. The Morgan fingerprint density at radius 1 is 1.10 bits per heavy atom. The maximum absolute atomic E-state index is 12.5. The highest BCUT2D eigenvalue weighted by Gasteiger charge is 2.29. The normalized spacial score (nSPS) is 11.0. The molecule has 2 N–H and O–H groups in total. The van der Waals surface area contributed by atoms with Gasteiger partial charge in [-0.05, 0) is 25.1 Å². The van der Waals surface area contributed by atoms with E-state index in [1.807, 2.05) is 6.92 Å². The van der Waals surface area contributed by atoms with Crippen LogP contribution in [0.3, 0.4) is 0 Å². The van der Waals surface area contributed by atoms with Crippen LogP contribution < -0.4 is 15.4 Å². The fourth-order valence-corrected chi connectivity index (χ4v) is 2.16. The van der Waals surface area contributed by atoms with Crippen LogP contribution in [-0.4, -0.2) is 38.6 Å². The SMILES string of the molecule is Cc1ccc(Nc2nccc(C(=O)Nc3cnccc3OCC(F)(F)F)n2)cn1. The Morgan fingerprint density at radius 3 is 2.66 bits per heavy atom. The van der Waals surface area contributed by atoms with Crippen molar-refractivity contribution in [2.24, 2.45) is 0 Å². The minimum absolute atomic E-state index is 0.00630. The highest BCUT2D eigenvalue weighted by Crippen LogP contribution is 2.25. The second-order valence-electron chi connectivity index (χ2n) is 5.81. The summed E-state index contributed by atoms with van der Waals surface area (Å²) in [7, 11) is 0. The first-order chi connectivity index (χ1) is 13.8. The summed E-state index contributed by atoms with van der Waals surface area (Å²) in [6, 6.07) is 6.15. The molecule has 0 saturated carbocycles. The number of nitrogens with zero attached hydrogens (tertiary/aromatic N) is 4. The summed E-state index contributed by atoms with van der Waals surface area (Å²) in [4.78, 5) is 28.5. The average molecular weight is 404 g/mol. The van der Waals surface area contributed by atoms with E-state index in [1.165, 1.54) is 30.7 Å². The van der Waals surface area contributed by atoms with Crippen molar-refractivity contribution in [2.75, 3.05) is 17.2 Å². The molecule has 3 heterocycles. The van der Waals surface area contributed by atoms with Gasteiger partial charge in [-0.3, -0.25) is 14.8 Å². The number of nitrogens with one attached hydrogen (secondary N) is 2. The number of carbonyl (C=O) groups is 1. The summed E-state index contributed by atoms with van der Waals surface area (Å²) in [6.45, 7) is 0.350. The number of carbonyl (C=O) groups excluding carboxylic acids is 1. The van der Waals surface area contributed by atoms with E-state index in [-0.39, 0.29) is 23.1 Å². The molecule has 3 rings (SSSR count). The van der Waals surface area contributed by atoms with Gasteiger partial charge in [-0.15, -0.1) is 0 Å². The van der Waals surface area contributed by atoms with Crippen molar-refractivity contribution in [3.8, 4) is 5.75 Å². The van der Waals surface area contributed by atoms with Gasteiger partial charge >= 0.3 is 6.18 Å². The van der Waals surface area contributed by atoms with Gasteiger partial charge in [0, 0.05) is 24.2 Å². The Hall–Kier alpha value is -3.76. The lowest BCUT2D eigenvalue weighted by molar-refractivity contribution is -0.153. The van der Waals surface area contributed by atoms with Gasteiger partial charge in [-0.25, -0.2) is 9.97 Å². The fourth-order valence-electron chi connectivity index (χ4n) is 2.16. The molecule has 0 bridgehead atoms. The molecule has 0 atom stereocenters. The van der Waals surface area contributed by atoms with Gasteiger partial charge in [-0.1, -0.05) is 0 Å². The molecule has 0 aliphatic rings. The summed E-state index contributed by atoms with van der Waals surface area (Å²) in [6.07, 6.45) is 0.885. The molecule has 0 aromatic carbocycles. The van der Waals surface area contributed by atoms with Crippen LogP contribution in [0.2, 0.25) is 0 Å². The third-order valence-electron chi connectivity index (χ3n) is 3.48. The van der Waals surface area contributed by atoms with E-state index in [1.54, 1.807) is 18.3 Å². The Kier molecular flexibility index (Phi) is 5.86. The number of halogens is 3. The molecule has 0 fully saturated rings. The van der Waals surface area contributed by atoms with Crippen molar-refractivity contribution in [2.45, 2.75) is 13.1 Å². The van der Waals surface area contributed by atoms with E-state index in [4.69, 9.17) is 4.74 Å². The standard InChI is InChI=1S/C18H15F3N6O2/c1-11-2-3-12(8-24-11)25-17-23-7-4-13(27-17)16(28)26-14-9-22-6-5-15(14)29-10-18(19,20)21/h2-9H,10H2,1H3,(H,26,28)(H,23,25,27). The monoisotopic (exact) mass is 404 g/mol. The number of aryl methyl sites for hydroxylation is 1. The first-order valence-electron chi connectivity index (χ1n) is 8.28. The maximum atomic E-state index is 12.5. The lowest BCUT2D eigenvalue weighted by Gasteiger charge is -2.13. The van der Waals surface area contributed by atoms with Gasteiger partial charge in [0.25, 0.3) is 5.91 Å². The van der Waals surface area contributed by atoms with E-state index in [0.29, 0.717) is 5.69 Å². The molecule has 11 heteroatoms. The van der Waals surface area contributed by atoms with Gasteiger partial charge in [0.2, 0.25) is 5.95 Å². The lowest BCUT2D eigenvalue weighted by Crippen LogP contribution is -2.21. The van der Waals surface area contributed by atoms with Gasteiger partial charge in [0.1, 0.15) is 17.1 Å². The zero-order chi connectivity index (χ0) is 20.9. The zero-order valence-electron chi connectivity index (χ0n) is 15.1. The molecule has 0 aliphatic carbocycles. The van der Waals surface area contributed by atoms with Crippen LogP contribution in [0.5, 0.6) is 5.75 Å². The molecular weight excluding hydrogens is 389 g/mol. The molecule has 0 saturated heterocycles. The quantitative estimate of drug-likeness (QED) is 0.648. The number of aromatic nitrogens is 4. The number of hydrogen-bond donors (Lipinski definition) is 2. The Morgan fingerprint density at radius 2 is 1.93 bits per heavy atom. The smallest absolute Gasteiger partial charge is 0.422 e. The Balaban J connectivity index is 1.72. The summed E-state index contributed by atoms with van der Waals surface area (Å²) >= 11 is 0. The number of hydrogen-bond acceptors (Lipinski definition) is 7. The predicted octanol–water partition coefficient (Wildman–Crippen LogP) is 3.51. The van der Waals surface area contributed by atoms with Crippen LogP contribution in [0.25, 0.3) is 0 Å². The molecular formula is C18H15F3N6O2. The number of rotatable bonds is 6. The summed E-state index contributed by atoms with van der Waals surface area (Å²) < 4.78 is 41.9. The second-order valence-corrected chi connectivity index (χ2v) is 5.81. The number of pyridine rings is 2. The molecule has 3 aromatic rings. The maximum Gasteiger partial charge on any atom is 0.422 e. The van der Waals surface area contributed by atoms with Crippen molar-refractivity contribution in [3.05, 3.63) is 60.4 Å². The third kappa shape index (κ3) is 5.86. The van der Waals surface area contributed by atoms with Crippen molar-refractivity contribution in [1.29, 1.82) is 0 Å². The van der Waals surface area contributed by atoms with Gasteiger partial charge < -0.3 is 15.4 Å². The molecule has 29 heavy (non-hydrogen) atoms. The topological polar surface area (TPSA) is 102 Å². The van der Waals surface area contributed by atoms with Crippen molar-refractivity contribution in [1.82, 2.24) is 19.9 Å². The van der Waals surface area contributed by atoms with Crippen LogP contribution in [0.4, 0.5) is 30.5 Å². The Labute approximate surface area is 163 Å². The third-order valence-corrected chi connectivity index (χ3v) is 3.48. The van der Waals surface area contributed by atoms with Crippen LogP contribution in [-0.2, 0) is 0 Å². The summed E-state index contributed by atoms with van der Waals surface area (Å²) in [5, 5.41) is 5.35. The van der Waals surface area contributed by atoms with Crippen molar-refractivity contribution < 1.29 is 22.7 Å². The van der Waals surface area contributed by atoms with Gasteiger partial charge in [0.05, 0.1) is 18.1 Å². The van der Waals surface area contributed by atoms with Gasteiger partial charge in [0.15, 0.2) is 6.61 Å². The molecule has 1 amide bonds. The van der Waals surface area contributed by atoms with E-state index in [2.05, 4.69) is 30.6 Å². The minimum atomic E-state index is -4.51. The second kappa shape index (κ2) is 8.50. The average Bonchev–Trinajstić information content (AvgIpc) is 2.69. The molecule has 150 valence electrons. The minimum Gasteiger partial charge on any atom is -0.482 e. The highest BCUT2D eigenvalue weighted by molar-refractivity contribution is 6.03. The van der Waals surface area contributed by atoms with Crippen LogP contribution in [0, 0.1) is 6.92 Å². The number of alkyl halides is 3. The Bertz CT molecular complexity index is 995. The van der Waals surface area contributed by atoms with E-state index in [9.17, 15) is 18.0 Å². The van der Waals surface area contributed by atoms with Crippen molar-refractivity contribution in [3.63, 3.8) is 0 Å².